The Morgan fingerprint density at radius 2 is 2.00 bits per heavy atom. The summed E-state index contributed by atoms with van der Waals surface area (Å²) in [6, 6.07) is 8.21. The number of aromatic nitrogens is 2. The average molecular weight is 247 g/mol. The summed E-state index contributed by atoms with van der Waals surface area (Å²) < 4.78 is 2.10. The van der Waals surface area contributed by atoms with E-state index in [2.05, 4.69) is 41.9 Å². The predicted octanol–water partition coefficient (Wildman–Crippen LogP) is 2.81. The van der Waals surface area contributed by atoms with E-state index >= 15 is 0 Å². The van der Waals surface area contributed by atoms with Crippen LogP contribution in [0.15, 0.2) is 24.3 Å². The maximum atomic E-state index is 5.46. The first kappa shape index (κ1) is 13.1. The fourth-order valence-corrected chi connectivity index (χ4v) is 1.94. The molecule has 1 atom stereocenters. The number of nitrogens with one attached hydrogen (secondary N) is 1. The molecule has 18 heavy (non-hydrogen) atoms. The number of nitrogens with zero attached hydrogens (tertiary/aromatic N) is 2. The standard InChI is InChI=1S/C14H21N3O/c1-10(2)9-18-16-11(3)14-15-12-7-5-6-8-13(12)17(14)4/h5-8,10-11,16H,9H2,1-4H3. The van der Waals surface area contributed by atoms with Crippen molar-refractivity contribution in [2.24, 2.45) is 13.0 Å². The maximum Gasteiger partial charge on any atom is 0.128 e. The summed E-state index contributed by atoms with van der Waals surface area (Å²) in [6.07, 6.45) is 0. The van der Waals surface area contributed by atoms with E-state index in [1.807, 2.05) is 25.2 Å². The van der Waals surface area contributed by atoms with E-state index < -0.39 is 0 Å². The number of fused-ring (bicyclic) bond motifs is 1. The molecular formula is C14H21N3O. The Balaban J connectivity index is 2.12. The first-order valence-corrected chi connectivity index (χ1v) is 6.38. The van der Waals surface area contributed by atoms with Gasteiger partial charge < -0.3 is 9.40 Å². The van der Waals surface area contributed by atoms with Crippen LogP contribution in [0.5, 0.6) is 0 Å². The number of rotatable bonds is 5. The third kappa shape index (κ3) is 2.71. The van der Waals surface area contributed by atoms with Crippen molar-refractivity contribution >= 4 is 11.0 Å². The second-order valence-corrected chi connectivity index (χ2v) is 5.06. The molecule has 1 aromatic carbocycles. The van der Waals surface area contributed by atoms with Crippen molar-refractivity contribution in [3.05, 3.63) is 30.1 Å². The zero-order chi connectivity index (χ0) is 13.1. The molecule has 4 nitrogen and oxygen atoms in total. The summed E-state index contributed by atoms with van der Waals surface area (Å²) in [5, 5.41) is 0. The zero-order valence-corrected chi connectivity index (χ0v) is 11.5. The Labute approximate surface area is 108 Å². The number of hydrogen-bond acceptors (Lipinski definition) is 3. The minimum atomic E-state index is 0.0705. The first-order chi connectivity index (χ1) is 8.59. The lowest BCUT2D eigenvalue weighted by molar-refractivity contribution is 0.00199. The van der Waals surface area contributed by atoms with Crippen molar-refractivity contribution in [2.75, 3.05) is 6.61 Å². The molecule has 4 heteroatoms. The summed E-state index contributed by atoms with van der Waals surface area (Å²) in [5.74, 6) is 1.50. The van der Waals surface area contributed by atoms with Gasteiger partial charge in [0.05, 0.1) is 23.7 Å². The number of hydrogen-bond donors (Lipinski definition) is 1. The lowest BCUT2D eigenvalue weighted by Crippen LogP contribution is -2.23. The average Bonchev–Trinajstić information content (AvgIpc) is 2.67. The summed E-state index contributed by atoms with van der Waals surface area (Å²) in [4.78, 5) is 10.1. The molecular weight excluding hydrogens is 226 g/mol. The van der Waals surface area contributed by atoms with E-state index in [-0.39, 0.29) is 6.04 Å². The van der Waals surface area contributed by atoms with E-state index in [1.165, 1.54) is 0 Å². The van der Waals surface area contributed by atoms with Crippen LogP contribution in [0.3, 0.4) is 0 Å². The molecule has 1 aromatic heterocycles. The topological polar surface area (TPSA) is 39.1 Å². The Morgan fingerprint density at radius 1 is 1.28 bits per heavy atom. The van der Waals surface area contributed by atoms with Crippen molar-refractivity contribution in [3.63, 3.8) is 0 Å². The molecule has 2 rings (SSSR count). The molecule has 1 N–H and O–H groups in total. The molecule has 0 aliphatic carbocycles. The largest absolute Gasteiger partial charge is 0.330 e. The van der Waals surface area contributed by atoms with Gasteiger partial charge in [-0.2, -0.15) is 5.48 Å². The molecule has 2 aromatic rings. The Hall–Kier alpha value is -1.39. The van der Waals surface area contributed by atoms with Gasteiger partial charge in [0.15, 0.2) is 0 Å². The minimum Gasteiger partial charge on any atom is -0.330 e. The highest BCUT2D eigenvalue weighted by atomic mass is 16.6. The van der Waals surface area contributed by atoms with Crippen molar-refractivity contribution in [1.82, 2.24) is 15.0 Å². The van der Waals surface area contributed by atoms with Crippen LogP contribution in [0, 0.1) is 5.92 Å². The van der Waals surface area contributed by atoms with Crippen molar-refractivity contribution in [3.8, 4) is 0 Å². The lowest BCUT2D eigenvalue weighted by atomic mass is 10.2. The number of para-hydroxylation sites is 2. The molecule has 1 unspecified atom stereocenters. The molecule has 0 spiro atoms. The molecule has 0 fully saturated rings. The third-order valence-corrected chi connectivity index (χ3v) is 2.89. The van der Waals surface area contributed by atoms with Gasteiger partial charge in [0.25, 0.3) is 0 Å². The molecule has 0 saturated carbocycles. The highest BCUT2D eigenvalue weighted by Gasteiger charge is 2.14. The SMILES string of the molecule is CC(C)CONC(C)c1nc2ccccc2n1C. The van der Waals surface area contributed by atoms with Crippen LogP contribution in [0.1, 0.15) is 32.6 Å². The van der Waals surface area contributed by atoms with Gasteiger partial charge in [-0.15, -0.1) is 0 Å². The highest BCUT2D eigenvalue weighted by Crippen LogP contribution is 2.18. The van der Waals surface area contributed by atoms with E-state index in [9.17, 15) is 0 Å². The van der Waals surface area contributed by atoms with E-state index in [4.69, 9.17) is 4.84 Å². The summed E-state index contributed by atoms with van der Waals surface area (Å²) in [7, 11) is 2.03. The van der Waals surface area contributed by atoms with Crippen LogP contribution in [0.25, 0.3) is 11.0 Å². The first-order valence-electron chi connectivity index (χ1n) is 6.38. The summed E-state index contributed by atoms with van der Waals surface area (Å²) in [5.41, 5.74) is 5.21. The Bertz CT molecular complexity index is 519. The Morgan fingerprint density at radius 3 is 2.67 bits per heavy atom. The van der Waals surface area contributed by atoms with Gasteiger partial charge >= 0.3 is 0 Å². The fraction of sp³-hybridized carbons (Fsp3) is 0.500. The smallest absolute Gasteiger partial charge is 0.128 e. The predicted molar refractivity (Wildman–Crippen MR) is 73.1 cm³/mol. The minimum absolute atomic E-state index is 0.0705. The van der Waals surface area contributed by atoms with Crippen molar-refractivity contribution in [2.45, 2.75) is 26.8 Å². The second kappa shape index (κ2) is 5.50. The molecule has 0 radical (unpaired) electrons. The zero-order valence-electron chi connectivity index (χ0n) is 11.5. The number of imidazole rings is 1. The quantitative estimate of drug-likeness (QED) is 0.826. The van der Waals surface area contributed by atoms with Crippen LogP contribution in [-0.4, -0.2) is 16.2 Å². The monoisotopic (exact) mass is 247 g/mol. The molecule has 0 aliphatic heterocycles. The van der Waals surface area contributed by atoms with Gasteiger partial charge in [0.2, 0.25) is 0 Å². The van der Waals surface area contributed by atoms with E-state index in [1.54, 1.807) is 0 Å². The lowest BCUT2D eigenvalue weighted by Gasteiger charge is -2.14. The van der Waals surface area contributed by atoms with Gasteiger partial charge in [-0.3, -0.25) is 0 Å². The molecule has 98 valence electrons. The number of hydroxylamine groups is 1. The van der Waals surface area contributed by atoms with Crippen molar-refractivity contribution < 1.29 is 4.84 Å². The van der Waals surface area contributed by atoms with E-state index in [0.29, 0.717) is 12.5 Å². The van der Waals surface area contributed by atoms with Gasteiger partial charge in [-0.05, 0) is 25.0 Å². The van der Waals surface area contributed by atoms with Gasteiger partial charge in [-0.25, -0.2) is 4.98 Å². The molecule has 0 saturated heterocycles. The second-order valence-electron chi connectivity index (χ2n) is 5.06. The molecule has 0 bridgehead atoms. The van der Waals surface area contributed by atoms with Gasteiger partial charge in [0, 0.05) is 7.05 Å². The van der Waals surface area contributed by atoms with Gasteiger partial charge in [0.1, 0.15) is 5.82 Å². The number of benzene rings is 1. The van der Waals surface area contributed by atoms with Crippen LogP contribution < -0.4 is 5.48 Å². The number of aryl methyl sites for hydroxylation is 1. The molecule has 0 aliphatic rings. The highest BCUT2D eigenvalue weighted by molar-refractivity contribution is 5.75. The van der Waals surface area contributed by atoms with E-state index in [0.717, 1.165) is 16.9 Å². The van der Waals surface area contributed by atoms with Crippen LogP contribution >= 0.6 is 0 Å². The fourth-order valence-electron chi connectivity index (χ4n) is 1.94. The Kier molecular flexibility index (Phi) is 3.99. The van der Waals surface area contributed by atoms with Gasteiger partial charge in [-0.1, -0.05) is 26.0 Å². The third-order valence-electron chi connectivity index (χ3n) is 2.89. The maximum absolute atomic E-state index is 5.46. The van der Waals surface area contributed by atoms with Crippen LogP contribution in [0.4, 0.5) is 0 Å². The van der Waals surface area contributed by atoms with Crippen LogP contribution in [-0.2, 0) is 11.9 Å². The normalized spacial score (nSPS) is 13.4. The summed E-state index contributed by atoms with van der Waals surface area (Å²) in [6.45, 7) is 7.01. The molecule has 0 amide bonds. The van der Waals surface area contributed by atoms with Crippen molar-refractivity contribution in [1.29, 1.82) is 0 Å². The van der Waals surface area contributed by atoms with Crippen LogP contribution in [0.2, 0.25) is 0 Å². The molecule has 1 heterocycles. The summed E-state index contributed by atoms with van der Waals surface area (Å²) >= 11 is 0.